The van der Waals surface area contributed by atoms with E-state index in [9.17, 15) is 55.3 Å². The molecule has 0 heterocycles. The molecule has 0 aliphatic heterocycles. The molecule has 17 heteroatoms. The van der Waals surface area contributed by atoms with E-state index in [1.165, 1.54) is 0 Å². The van der Waals surface area contributed by atoms with E-state index in [1.54, 1.807) is 0 Å². The third-order valence-electron chi connectivity index (χ3n) is 10.8. The summed E-state index contributed by atoms with van der Waals surface area (Å²) < 4.78 is 76.3. The molecule has 0 bridgehead atoms. The zero-order valence-electron chi connectivity index (χ0n) is 36.5. The second-order valence-electron chi connectivity index (χ2n) is 15.3. The summed E-state index contributed by atoms with van der Waals surface area (Å²) in [5, 5.41) is 17.4. The van der Waals surface area contributed by atoms with Crippen molar-refractivity contribution in [2.75, 3.05) is 13.2 Å². The van der Waals surface area contributed by atoms with Crippen molar-refractivity contribution in [3.8, 4) is 0 Å². The van der Waals surface area contributed by atoms with Gasteiger partial charge in [-0.3, -0.25) is 23.5 Å². The Morgan fingerprint density at radius 2 is 0.947 bits per heavy atom. The Balaban J connectivity index is -0.00000101. The molecule has 0 aromatic rings. The summed E-state index contributed by atoms with van der Waals surface area (Å²) in [7, 11) is -9.92. The van der Waals surface area contributed by atoms with Crippen molar-refractivity contribution in [3.05, 3.63) is 0 Å². The molecule has 14 nitrogen and oxygen atoms in total. The van der Waals surface area contributed by atoms with Crippen molar-refractivity contribution in [3.63, 3.8) is 0 Å². The van der Waals surface area contributed by atoms with E-state index in [-0.39, 0.29) is 79.3 Å². The van der Waals surface area contributed by atoms with Gasteiger partial charge >= 0.3 is 47.5 Å². The summed E-state index contributed by atoms with van der Waals surface area (Å²) in [6, 6.07) is 0. The molecule has 0 aromatic carbocycles. The van der Waals surface area contributed by atoms with Gasteiger partial charge in [-0.15, -0.1) is 0 Å². The Kier molecular flexibility index (Phi) is 34.2. The van der Waals surface area contributed by atoms with Crippen LogP contribution in [0.1, 0.15) is 177 Å². The number of carboxylic acid groups (broad SMARTS) is 2. The molecule has 0 aliphatic rings. The van der Waals surface area contributed by atoms with Gasteiger partial charge in [0.1, 0.15) is 5.25 Å². The van der Waals surface area contributed by atoms with Crippen LogP contribution in [0.15, 0.2) is 0 Å². The second-order valence-corrected chi connectivity index (χ2v) is 18.4. The van der Waals surface area contributed by atoms with Gasteiger partial charge in [0.05, 0.1) is 31.0 Å². The van der Waals surface area contributed by atoms with Gasteiger partial charge in [0.2, 0.25) is 0 Å². The molecule has 0 rings (SSSR count). The van der Waals surface area contributed by atoms with E-state index in [1.807, 2.05) is 41.5 Å². The van der Waals surface area contributed by atoms with E-state index in [0.29, 0.717) is 25.7 Å². The molecule has 57 heavy (non-hydrogen) atoms. The molecule has 0 radical (unpaired) electrons. The molecule has 6 atom stereocenters. The molecule has 0 spiro atoms. The van der Waals surface area contributed by atoms with Crippen LogP contribution in [0.3, 0.4) is 0 Å². The fraction of sp³-hybridized carbons (Fsp3) is 0.900. The first-order valence-electron chi connectivity index (χ1n) is 20.9. The molecular weight excluding hydrogens is 792 g/mol. The maximum absolute atomic E-state index is 12.4. The van der Waals surface area contributed by atoms with Crippen LogP contribution in [-0.2, 0) is 48.9 Å². The minimum Gasteiger partial charge on any atom is -0.549 e. The van der Waals surface area contributed by atoms with Crippen LogP contribution in [0.5, 0.6) is 0 Å². The van der Waals surface area contributed by atoms with E-state index in [0.717, 1.165) is 77.0 Å². The number of carboxylic acids is 2. The monoisotopic (exact) mass is 866 g/mol. The number of carbonyl (C=O) groups is 4. The van der Waals surface area contributed by atoms with Crippen LogP contribution in [-0.4, -0.2) is 78.6 Å². The normalized spacial score (nSPS) is 15.9. The maximum atomic E-state index is 12.4. The number of carbonyl (C=O) groups excluding carboxylic acids is 3. The largest absolute Gasteiger partial charge is 1.00 e. The number of esters is 2. The van der Waals surface area contributed by atoms with Gasteiger partial charge in [0.25, 0.3) is 20.2 Å². The molecule has 6 unspecified atom stereocenters. The van der Waals surface area contributed by atoms with Crippen LogP contribution in [0.25, 0.3) is 0 Å². The molecule has 0 amide bonds. The summed E-state index contributed by atoms with van der Waals surface area (Å²) in [6.07, 6.45) is 12.5. The van der Waals surface area contributed by atoms with Crippen LogP contribution in [0, 0.1) is 29.1 Å². The molecule has 0 saturated carbocycles. The average Bonchev–Trinajstić information content (AvgIpc) is 3.12. The molecule has 3 N–H and O–H groups in total. The van der Waals surface area contributed by atoms with Crippen molar-refractivity contribution < 1.29 is 94.4 Å². The van der Waals surface area contributed by atoms with Crippen molar-refractivity contribution >= 4 is 44.1 Å². The van der Waals surface area contributed by atoms with E-state index >= 15 is 0 Å². The summed E-state index contributed by atoms with van der Waals surface area (Å²) in [6.45, 7) is 16.1. The molecule has 0 aliphatic carbocycles. The van der Waals surface area contributed by atoms with Crippen molar-refractivity contribution in [2.24, 2.45) is 29.1 Å². The first-order valence-corrected chi connectivity index (χ1v) is 23.9. The van der Waals surface area contributed by atoms with Crippen LogP contribution in [0.4, 0.5) is 0 Å². The number of ether oxygens (including phenoxy) is 2. The van der Waals surface area contributed by atoms with Gasteiger partial charge in [-0.1, -0.05) is 145 Å². The first-order chi connectivity index (χ1) is 26.2. The Bertz CT molecular complexity index is 1320. The predicted molar refractivity (Wildman–Crippen MR) is 215 cm³/mol. The standard InChI is InChI=1S/2C20H38O7S.Na/c1-5-9-11-16(7-3)14-26-19(21)13-18(28(23,24)25)20(22)27-15-17(8-4)12-10-6-2;1-5-9-11-15(7-3)13-20(19(23)24,14-16(8-4)12-10-6-2)17(18(21)22)28(25,26)27;/h16-18H,5-15H2,1-4H3,(H,23,24,25);15-17H,5-14H2,1-4H3,(H,21,22)(H,23,24)(H,25,26,27);/q;;+1/p-1. The van der Waals surface area contributed by atoms with Crippen LogP contribution >= 0.6 is 0 Å². The van der Waals surface area contributed by atoms with Crippen LogP contribution < -0.4 is 34.7 Å². The number of hydrogen-bond acceptors (Lipinski definition) is 11. The fourth-order valence-corrected chi connectivity index (χ4v) is 8.72. The maximum Gasteiger partial charge on any atom is 1.00 e. The van der Waals surface area contributed by atoms with Gasteiger partial charge in [-0.05, 0) is 49.4 Å². The topological polar surface area (TPSA) is 239 Å². The number of rotatable bonds is 32. The van der Waals surface area contributed by atoms with Gasteiger partial charge in [-0.25, -0.2) is 0 Å². The molecule has 0 aromatic heterocycles. The van der Waals surface area contributed by atoms with Crippen molar-refractivity contribution in [2.45, 2.75) is 188 Å². The quantitative estimate of drug-likeness (QED) is 0.0482. The molecule has 332 valence electrons. The van der Waals surface area contributed by atoms with Gasteiger partial charge in [-0.2, -0.15) is 16.8 Å². The Labute approximate surface area is 366 Å². The van der Waals surface area contributed by atoms with Crippen molar-refractivity contribution in [1.29, 1.82) is 0 Å². The summed E-state index contributed by atoms with van der Waals surface area (Å²) >= 11 is 0. The Hall–Kier alpha value is -1.30. The van der Waals surface area contributed by atoms with Gasteiger partial charge in [0, 0.05) is 0 Å². The number of hydrogen-bond donors (Lipinski definition) is 3. The average molecular weight is 867 g/mol. The van der Waals surface area contributed by atoms with Gasteiger partial charge < -0.3 is 24.5 Å². The smallest absolute Gasteiger partial charge is 0.549 e. The molecule has 0 fully saturated rings. The van der Waals surface area contributed by atoms with E-state index in [4.69, 9.17) is 9.47 Å². The molecular formula is C40H75NaO14S2. The third-order valence-corrected chi connectivity index (χ3v) is 13.2. The SMILES string of the molecule is CCCCC(CC)CC(CC(CC)CCCC)(C(=O)O)C(C(=O)[O-])S(=O)(=O)O.CCCCC(CC)COC(=O)CC(C(=O)OCC(CC)CCCC)S(=O)(=O)O.[Na+]. The minimum absolute atomic E-state index is 0. The predicted octanol–water partition coefficient (Wildman–Crippen LogP) is 4.43. The molecule has 0 saturated heterocycles. The van der Waals surface area contributed by atoms with Gasteiger partial charge in [0.15, 0.2) is 5.25 Å². The van der Waals surface area contributed by atoms with Crippen molar-refractivity contribution in [1.82, 2.24) is 0 Å². The minimum atomic E-state index is -5.16. The zero-order chi connectivity index (χ0) is 43.5. The number of unbranched alkanes of at least 4 members (excludes halogenated alkanes) is 4. The summed E-state index contributed by atoms with van der Waals surface area (Å²) in [5.41, 5.74) is -2.12. The first kappa shape index (κ1) is 60.0. The fourth-order valence-electron chi connectivity index (χ4n) is 6.95. The Morgan fingerprint density at radius 3 is 1.23 bits per heavy atom. The third kappa shape index (κ3) is 24.5. The second kappa shape index (κ2) is 32.5. The Morgan fingerprint density at radius 1 is 0.596 bits per heavy atom. The number of aliphatic carboxylic acids is 2. The summed E-state index contributed by atoms with van der Waals surface area (Å²) in [4.78, 5) is 48.4. The zero-order valence-corrected chi connectivity index (χ0v) is 40.1. The van der Waals surface area contributed by atoms with Crippen LogP contribution in [0.2, 0.25) is 0 Å². The van der Waals surface area contributed by atoms with E-state index < -0.39 is 66.4 Å². The van der Waals surface area contributed by atoms with E-state index in [2.05, 4.69) is 13.8 Å². The summed E-state index contributed by atoms with van der Waals surface area (Å²) in [5.74, 6) is -5.46.